The molecule has 90 valence electrons. The van der Waals surface area contributed by atoms with Crippen LogP contribution in [0.1, 0.15) is 43.0 Å². The van der Waals surface area contributed by atoms with E-state index in [-0.39, 0.29) is 6.10 Å². The number of rotatable bonds is 5. The maximum atomic E-state index is 5.42. The Morgan fingerprint density at radius 2 is 2.06 bits per heavy atom. The van der Waals surface area contributed by atoms with Gasteiger partial charge in [-0.05, 0) is 20.3 Å². The van der Waals surface area contributed by atoms with Gasteiger partial charge in [0.2, 0.25) is 0 Å². The lowest BCUT2D eigenvalue weighted by Gasteiger charge is -2.16. The maximum Gasteiger partial charge on any atom is 0.159 e. The normalized spacial score (nSPS) is 12.6. The molecule has 5 heteroatoms. The second-order valence-electron chi connectivity index (χ2n) is 3.80. The Hall–Kier alpha value is -1.20. The number of nitrogens with two attached hydrogens (primary N) is 1. The number of hydrogen-bond acceptors (Lipinski definition) is 5. The van der Waals surface area contributed by atoms with Crippen LogP contribution >= 0.6 is 0 Å². The van der Waals surface area contributed by atoms with Crippen molar-refractivity contribution in [1.82, 2.24) is 9.97 Å². The van der Waals surface area contributed by atoms with Crippen LogP contribution in [0.4, 0.5) is 5.82 Å². The number of methoxy groups -OCH3 is 1. The molecule has 0 saturated heterocycles. The molecule has 0 aromatic carbocycles. The number of nitrogens with zero attached hydrogens (tertiary/aromatic N) is 2. The van der Waals surface area contributed by atoms with Gasteiger partial charge in [0.05, 0.1) is 0 Å². The molecule has 16 heavy (non-hydrogen) atoms. The van der Waals surface area contributed by atoms with E-state index < -0.39 is 0 Å². The van der Waals surface area contributed by atoms with E-state index in [1.807, 2.05) is 13.8 Å². The minimum Gasteiger partial charge on any atom is -0.373 e. The van der Waals surface area contributed by atoms with Gasteiger partial charge in [-0.1, -0.05) is 13.3 Å². The lowest BCUT2D eigenvalue weighted by Crippen LogP contribution is -2.15. The van der Waals surface area contributed by atoms with Crippen LogP contribution in [-0.4, -0.2) is 17.1 Å². The van der Waals surface area contributed by atoms with Crippen LogP contribution in [0.5, 0.6) is 0 Å². The largest absolute Gasteiger partial charge is 0.373 e. The lowest BCUT2D eigenvalue weighted by atomic mass is 10.1. The van der Waals surface area contributed by atoms with Gasteiger partial charge in [0, 0.05) is 18.4 Å². The van der Waals surface area contributed by atoms with Crippen molar-refractivity contribution in [2.75, 3.05) is 12.5 Å². The summed E-state index contributed by atoms with van der Waals surface area (Å²) in [5.74, 6) is 6.78. The van der Waals surface area contributed by atoms with Crippen molar-refractivity contribution >= 4 is 5.82 Å². The van der Waals surface area contributed by atoms with Crippen LogP contribution in [0.25, 0.3) is 0 Å². The van der Waals surface area contributed by atoms with Crippen molar-refractivity contribution < 1.29 is 4.74 Å². The highest BCUT2D eigenvalue weighted by Gasteiger charge is 2.15. The SMILES string of the molecule is CCCC(OC)c1nc(C)c(C)c(NN)n1. The molecule has 1 heterocycles. The Morgan fingerprint density at radius 1 is 1.38 bits per heavy atom. The number of ether oxygens (including phenoxy) is 1. The monoisotopic (exact) mass is 224 g/mol. The number of hydrazine groups is 1. The number of hydrogen-bond donors (Lipinski definition) is 2. The van der Waals surface area contributed by atoms with Crippen molar-refractivity contribution in [2.45, 2.75) is 39.7 Å². The molecule has 0 aliphatic carbocycles. The minimum absolute atomic E-state index is 0.0589. The number of nitrogen functional groups attached to an aromatic ring is 1. The Labute approximate surface area is 96.4 Å². The fourth-order valence-corrected chi connectivity index (χ4v) is 1.55. The van der Waals surface area contributed by atoms with Gasteiger partial charge in [-0.3, -0.25) is 0 Å². The van der Waals surface area contributed by atoms with E-state index in [2.05, 4.69) is 22.3 Å². The first-order valence-corrected chi connectivity index (χ1v) is 5.48. The summed E-state index contributed by atoms with van der Waals surface area (Å²) >= 11 is 0. The average molecular weight is 224 g/mol. The van der Waals surface area contributed by atoms with Gasteiger partial charge in [0.25, 0.3) is 0 Å². The molecule has 1 atom stereocenters. The molecule has 0 radical (unpaired) electrons. The molecule has 0 aliphatic heterocycles. The summed E-state index contributed by atoms with van der Waals surface area (Å²) in [7, 11) is 1.68. The van der Waals surface area contributed by atoms with Gasteiger partial charge < -0.3 is 10.2 Å². The third-order valence-electron chi connectivity index (χ3n) is 2.67. The fraction of sp³-hybridized carbons (Fsp3) is 0.636. The van der Waals surface area contributed by atoms with E-state index in [0.717, 1.165) is 24.1 Å². The summed E-state index contributed by atoms with van der Waals surface area (Å²) in [6.07, 6.45) is 1.87. The molecule has 1 rings (SSSR count). The van der Waals surface area contributed by atoms with Crippen molar-refractivity contribution in [1.29, 1.82) is 0 Å². The zero-order valence-corrected chi connectivity index (χ0v) is 10.4. The zero-order chi connectivity index (χ0) is 12.1. The van der Waals surface area contributed by atoms with Crippen molar-refractivity contribution in [3.05, 3.63) is 17.1 Å². The van der Waals surface area contributed by atoms with E-state index in [4.69, 9.17) is 10.6 Å². The highest BCUT2D eigenvalue weighted by atomic mass is 16.5. The van der Waals surface area contributed by atoms with Gasteiger partial charge >= 0.3 is 0 Å². The van der Waals surface area contributed by atoms with Gasteiger partial charge in [-0.2, -0.15) is 0 Å². The molecule has 0 fully saturated rings. The van der Waals surface area contributed by atoms with Crippen LogP contribution in [0.3, 0.4) is 0 Å². The molecule has 0 bridgehead atoms. The number of aromatic nitrogens is 2. The topological polar surface area (TPSA) is 73.1 Å². The summed E-state index contributed by atoms with van der Waals surface area (Å²) in [4.78, 5) is 8.81. The average Bonchev–Trinajstić information content (AvgIpc) is 2.29. The lowest BCUT2D eigenvalue weighted by molar-refractivity contribution is 0.0875. The van der Waals surface area contributed by atoms with Crippen molar-refractivity contribution in [3.63, 3.8) is 0 Å². The van der Waals surface area contributed by atoms with Gasteiger partial charge in [-0.15, -0.1) is 0 Å². The molecule has 0 amide bonds. The quantitative estimate of drug-likeness (QED) is 0.590. The Bertz CT molecular complexity index is 354. The van der Waals surface area contributed by atoms with E-state index in [9.17, 15) is 0 Å². The van der Waals surface area contributed by atoms with E-state index in [0.29, 0.717) is 11.6 Å². The van der Waals surface area contributed by atoms with Crippen LogP contribution in [-0.2, 0) is 4.74 Å². The van der Waals surface area contributed by atoms with Crippen LogP contribution in [0, 0.1) is 13.8 Å². The van der Waals surface area contributed by atoms with Gasteiger partial charge in [-0.25, -0.2) is 15.8 Å². The van der Waals surface area contributed by atoms with Crippen molar-refractivity contribution in [2.24, 2.45) is 5.84 Å². The van der Waals surface area contributed by atoms with E-state index in [1.165, 1.54) is 0 Å². The molecule has 0 saturated carbocycles. The van der Waals surface area contributed by atoms with Gasteiger partial charge in [0.1, 0.15) is 11.9 Å². The summed E-state index contributed by atoms with van der Waals surface area (Å²) in [5.41, 5.74) is 4.49. The Kier molecular flexibility index (Phi) is 4.64. The summed E-state index contributed by atoms with van der Waals surface area (Å²) in [6, 6.07) is 0. The summed E-state index contributed by atoms with van der Waals surface area (Å²) < 4.78 is 5.38. The molecule has 5 nitrogen and oxygen atoms in total. The number of nitrogens with one attached hydrogen (secondary N) is 1. The molecule has 1 aromatic heterocycles. The summed E-state index contributed by atoms with van der Waals surface area (Å²) in [6.45, 7) is 5.99. The number of aryl methyl sites for hydroxylation is 1. The van der Waals surface area contributed by atoms with E-state index >= 15 is 0 Å². The second-order valence-corrected chi connectivity index (χ2v) is 3.80. The predicted octanol–water partition coefficient (Wildman–Crippen LogP) is 1.87. The highest BCUT2D eigenvalue weighted by Crippen LogP contribution is 2.22. The molecule has 0 spiro atoms. The molecular weight excluding hydrogens is 204 g/mol. The molecule has 3 N–H and O–H groups in total. The molecule has 0 aliphatic rings. The van der Waals surface area contributed by atoms with Crippen LogP contribution < -0.4 is 11.3 Å². The first-order valence-electron chi connectivity index (χ1n) is 5.48. The fourth-order valence-electron chi connectivity index (χ4n) is 1.55. The Balaban J connectivity index is 3.08. The predicted molar refractivity (Wildman–Crippen MR) is 64.0 cm³/mol. The molecule has 1 aromatic rings. The van der Waals surface area contributed by atoms with E-state index in [1.54, 1.807) is 7.11 Å². The number of anilines is 1. The highest BCUT2D eigenvalue weighted by molar-refractivity contribution is 5.44. The Morgan fingerprint density at radius 3 is 2.56 bits per heavy atom. The van der Waals surface area contributed by atoms with Crippen LogP contribution in [0.15, 0.2) is 0 Å². The minimum atomic E-state index is -0.0589. The standard InChI is InChI=1S/C11H20N4O/c1-5-6-9(16-4)11-13-8(3)7(2)10(14-11)15-12/h9H,5-6,12H2,1-4H3,(H,13,14,15). The van der Waals surface area contributed by atoms with Gasteiger partial charge in [0.15, 0.2) is 5.82 Å². The first kappa shape index (κ1) is 12.9. The second kappa shape index (κ2) is 5.77. The summed E-state index contributed by atoms with van der Waals surface area (Å²) in [5, 5.41) is 0. The van der Waals surface area contributed by atoms with Crippen LogP contribution in [0.2, 0.25) is 0 Å². The third kappa shape index (κ3) is 2.68. The first-order chi connectivity index (χ1) is 7.63. The smallest absolute Gasteiger partial charge is 0.159 e. The third-order valence-corrected chi connectivity index (χ3v) is 2.67. The maximum absolute atomic E-state index is 5.42. The molecular formula is C11H20N4O. The zero-order valence-electron chi connectivity index (χ0n) is 10.4. The van der Waals surface area contributed by atoms with Crippen molar-refractivity contribution in [3.8, 4) is 0 Å². The molecule has 1 unspecified atom stereocenters.